The molecule has 0 saturated carbocycles. The van der Waals surface area contributed by atoms with Crippen LogP contribution in [0.4, 0.5) is 0 Å². The normalized spacial score (nSPS) is 20.3. The van der Waals surface area contributed by atoms with Gasteiger partial charge in [0.1, 0.15) is 0 Å². The Hall–Kier alpha value is -1.35. The Morgan fingerprint density at radius 2 is 1.94 bits per heavy atom. The number of carbonyl (C=O) groups is 1. The largest absolute Gasteiger partial charge is 0.344 e. The molecular weight excluding hydrogens is 224 g/mol. The molecule has 1 saturated heterocycles. The first-order valence-electron chi connectivity index (χ1n) is 6.59. The van der Waals surface area contributed by atoms with Crippen LogP contribution in [-0.4, -0.2) is 30.4 Å². The quantitative estimate of drug-likeness (QED) is 0.885. The van der Waals surface area contributed by atoms with Gasteiger partial charge in [-0.3, -0.25) is 4.79 Å². The predicted octanol–water partition coefficient (Wildman–Crippen LogP) is 2.01. The Kier molecular flexibility index (Phi) is 4.02. The molecule has 1 aromatic carbocycles. The van der Waals surface area contributed by atoms with Gasteiger partial charge in [-0.2, -0.15) is 0 Å². The molecule has 1 N–H and O–H groups in total. The summed E-state index contributed by atoms with van der Waals surface area (Å²) in [6, 6.07) is 7.06. The van der Waals surface area contributed by atoms with Gasteiger partial charge in [0.15, 0.2) is 0 Å². The fourth-order valence-corrected chi connectivity index (χ4v) is 2.61. The van der Waals surface area contributed by atoms with Crippen molar-refractivity contribution in [1.29, 1.82) is 0 Å². The van der Waals surface area contributed by atoms with Crippen molar-refractivity contribution in [2.75, 3.05) is 13.6 Å². The lowest BCUT2D eigenvalue weighted by Gasteiger charge is -2.30. The van der Waals surface area contributed by atoms with E-state index in [1.807, 2.05) is 11.9 Å². The summed E-state index contributed by atoms with van der Waals surface area (Å²) in [5.74, 6) is 0.263. The molecular formula is C15H22N2O. The van der Waals surface area contributed by atoms with Crippen molar-refractivity contribution in [3.8, 4) is 0 Å². The van der Waals surface area contributed by atoms with Crippen LogP contribution in [0.3, 0.4) is 0 Å². The van der Waals surface area contributed by atoms with E-state index >= 15 is 0 Å². The topological polar surface area (TPSA) is 32.3 Å². The SMILES string of the molecule is Cc1cc(C)cc(CNC2CCC(=O)N(C)C2)c1. The molecule has 18 heavy (non-hydrogen) atoms. The summed E-state index contributed by atoms with van der Waals surface area (Å²) in [7, 11) is 1.88. The number of carbonyl (C=O) groups excluding carboxylic acids is 1. The zero-order valence-corrected chi connectivity index (χ0v) is 11.5. The number of hydrogen-bond acceptors (Lipinski definition) is 2. The molecule has 1 unspecified atom stereocenters. The van der Waals surface area contributed by atoms with E-state index in [9.17, 15) is 4.79 Å². The van der Waals surface area contributed by atoms with Gasteiger partial charge in [-0.25, -0.2) is 0 Å². The molecule has 1 aromatic rings. The Balaban J connectivity index is 1.89. The van der Waals surface area contributed by atoms with Crippen molar-refractivity contribution in [3.63, 3.8) is 0 Å². The summed E-state index contributed by atoms with van der Waals surface area (Å²) in [5, 5.41) is 3.55. The van der Waals surface area contributed by atoms with E-state index in [1.54, 1.807) is 0 Å². The number of amides is 1. The molecule has 3 heteroatoms. The van der Waals surface area contributed by atoms with E-state index in [1.165, 1.54) is 16.7 Å². The molecule has 1 fully saturated rings. The summed E-state index contributed by atoms with van der Waals surface area (Å²) < 4.78 is 0. The summed E-state index contributed by atoms with van der Waals surface area (Å²) >= 11 is 0. The highest BCUT2D eigenvalue weighted by Crippen LogP contribution is 2.12. The average Bonchev–Trinajstić information content (AvgIpc) is 2.29. The van der Waals surface area contributed by atoms with Crippen LogP contribution in [0.25, 0.3) is 0 Å². The number of nitrogens with zero attached hydrogens (tertiary/aromatic N) is 1. The molecule has 1 atom stereocenters. The van der Waals surface area contributed by atoms with Gasteiger partial charge in [0, 0.05) is 32.6 Å². The molecule has 1 aliphatic heterocycles. The van der Waals surface area contributed by atoms with Gasteiger partial charge in [-0.1, -0.05) is 29.3 Å². The molecule has 0 aliphatic carbocycles. The van der Waals surface area contributed by atoms with E-state index in [0.29, 0.717) is 12.5 Å². The lowest BCUT2D eigenvalue weighted by atomic mass is 10.0. The first-order chi connectivity index (χ1) is 8.54. The smallest absolute Gasteiger partial charge is 0.222 e. The minimum atomic E-state index is 0.263. The van der Waals surface area contributed by atoms with Gasteiger partial charge in [0.25, 0.3) is 0 Å². The summed E-state index contributed by atoms with van der Waals surface area (Å²) in [5.41, 5.74) is 3.94. The Morgan fingerprint density at radius 3 is 2.56 bits per heavy atom. The average molecular weight is 246 g/mol. The van der Waals surface area contributed by atoms with Crippen LogP contribution in [0.15, 0.2) is 18.2 Å². The summed E-state index contributed by atoms with van der Waals surface area (Å²) in [6.07, 6.45) is 1.62. The van der Waals surface area contributed by atoms with E-state index < -0.39 is 0 Å². The molecule has 1 aliphatic rings. The molecule has 2 rings (SSSR count). The van der Waals surface area contributed by atoms with Gasteiger partial charge in [-0.15, -0.1) is 0 Å². The Labute approximate surface area is 109 Å². The van der Waals surface area contributed by atoms with E-state index in [0.717, 1.165) is 19.5 Å². The maximum Gasteiger partial charge on any atom is 0.222 e. The monoisotopic (exact) mass is 246 g/mol. The molecule has 98 valence electrons. The third kappa shape index (κ3) is 3.33. The van der Waals surface area contributed by atoms with Crippen molar-refractivity contribution in [3.05, 3.63) is 34.9 Å². The van der Waals surface area contributed by atoms with Crippen LogP contribution in [0, 0.1) is 13.8 Å². The van der Waals surface area contributed by atoms with Gasteiger partial charge < -0.3 is 10.2 Å². The van der Waals surface area contributed by atoms with Crippen LogP contribution in [-0.2, 0) is 11.3 Å². The van der Waals surface area contributed by atoms with Gasteiger partial charge >= 0.3 is 0 Å². The Bertz CT molecular complexity index is 422. The number of aryl methyl sites for hydroxylation is 2. The second kappa shape index (κ2) is 5.53. The van der Waals surface area contributed by atoms with Crippen molar-refractivity contribution < 1.29 is 4.79 Å². The molecule has 1 amide bonds. The van der Waals surface area contributed by atoms with Gasteiger partial charge in [0.2, 0.25) is 5.91 Å². The third-order valence-corrected chi connectivity index (χ3v) is 3.50. The van der Waals surface area contributed by atoms with Gasteiger partial charge in [0.05, 0.1) is 0 Å². The number of piperidine rings is 1. The van der Waals surface area contributed by atoms with Crippen LogP contribution in [0.2, 0.25) is 0 Å². The highest BCUT2D eigenvalue weighted by atomic mass is 16.2. The summed E-state index contributed by atoms with van der Waals surface area (Å²) in [6.45, 7) is 5.96. The third-order valence-electron chi connectivity index (χ3n) is 3.50. The maximum absolute atomic E-state index is 11.4. The first-order valence-corrected chi connectivity index (χ1v) is 6.59. The van der Waals surface area contributed by atoms with Crippen LogP contribution >= 0.6 is 0 Å². The number of nitrogens with one attached hydrogen (secondary N) is 1. The van der Waals surface area contributed by atoms with Crippen LogP contribution in [0.5, 0.6) is 0 Å². The Morgan fingerprint density at radius 1 is 1.28 bits per heavy atom. The number of rotatable bonds is 3. The van der Waals surface area contributed by atoms with E-state index in [2.05, 4.69) is 37.4 Å². The number of hydrogen-bond donors (Lipinski definition) is 1. The van der Waals surface area contributed by atoms with Crippen LogP contribution in [0.1, 0.15) is 29.5 Å². The van der Waals surface area contributed by atoms with Crippen molar-refractivity contribution in [2.45, 2.75) is 39.3 Å². The van der Waals surface area contributed by atoms with Gasteiger partial charge in [-0.05, 0) is 25.8 Å². The van der Waals surface area contributed by atoms with Crippen molar-refractivity contribution >= 4 is 5.91 Å². The minimum Gasteiger partial charge on any atom is -0.344 e. The fraction of sp³-hybridized carbons (Fsp3) is 0.533. The minimum absolute atomic E-state index is 0.263. The molecule has 0 bridgehead atoms. The molecule has 0 spiro atoms. The zero-order valence-electron chi connectivity index (χ0n) is 11.5. The fourth-order valence-electron chi connectivity index (χ4n) is 2.61. The maximum atomic E-state index is 11.4. The standard InChI is InChI=1S/C15H22N2O/c1-11-6-12(2)8-13(7-11)9-16-14-4-5-15(18)17(3)10-14/h6-8,14,16H,4-5,9-10H2,1-3H3. The van der Waals surface area contributed by atoms with Crippen molar-refractivity contribution in [1.82, 2.24) is 10.2 Å². The predicted molar refractivity (Wildman–Crippen MR) is 73.4 cm³/mol. The molecule has 0 radical (unpaired) electrons. The summed E-state index contributed by atoms with van der Waals surface area (Å²) in [4.78, 5) is 13.2. The van der Waals surface area contributed by atoms with E-state index in [-0.39, 0.29) is 5.91 Å². The number of likely N-dealkylation sites (N-methyl/N-ethyl adjacent to an activating group) is 1. The lowest BCUT2D eigenvalue weighted by Crippen LogP contribution is -2.46. The molecule has 1 heterocycles. The van der Waals surface area contributed by atoms with E-state index in [4.69, 9.17) is 0 Å². The van der Waals surface area contributed by atoms with Crippen LogP contribution < -0.4 is 5.32 Å². The number of benzene rings is 1. The highest BCUT2D eigenvalue weighted by Gasteiger charge is 2.22. The second-order valence-electron chi connectivity index (χ2n) is 5.39. The zero-order chi connectivity index (χ0) is 13.1. The number of likely N-dealkylation sites (tertiary alicyclic amines) is 1. The lowest BCUT2D eigenvalue weighted by molar-refractivity contribution is -0.132. The molecule has 0 aromatic heterocycles. The molecule has 3 nitrogen and oxygen atoms in total. The second-order valence-corrected chi connectivity index (χ2v) is 5.39. The first kappa shape index (κ1) is 13.1. The highest BCUT2D eigenvalue weighted by molar-refractivity contribution is 5.76. The van der Waals surface area contributed by atoms with Crippen molar-refractivity contribution in [2.24, 2.45) is 0 Å².